The Bertz CT molecular complexity index is 892. The number of carbonyl (C=O) groups is 2. The highest BCUT2D eigenvalue weighted by Gasteiger charge is 2.32. The van der Waals surface area contributed by atoms with Crippen LogP contribution in [0.2, 0.25) is 0 Å². The number of aromatic nitrogens is 2. The second kappa shape index (κ2) is 6.70. The minimum Gasteiger partial charge on any atom is -0.361 e. The molecule has 0 bridgehead atoms. The number of rotatable bonds is 2. The maximum atomic E-state index is 13.3. The lowest BCUT2D eigenvalue weighted by Crippen LogP contribution is -2.49. The molecule has 0 saturated carbocycles. The van der Waals surface area contributed by atoms with Crippen molar-refractivity contribution in [1.82, 2.24) is 19.8 Å². The number of nitrogens with one attached hydrogen (secondary N) is 2. The number of aryl methyl sites for hydroxylation is 1. The van der Waals surface area contributed by atoms with Crippen LogP contribution < -0.4 is 15.5 Å². The van der Waals surface area contributed by atoms with Crippen molar-refractivity contribution < 1.29 is 9.59 Å². The largest absolute Gasteiger partial charge is 0.361 e. The fourth-order valence-corrected chi connectivity index (χ4v) is 3.74. The number of amides is 2. The zero-order chi connectivity index (χ0) is 19.1. The minimum absolute atomic E-state index is 0.0529. The van der Waals surface area contributed by atoms with Gasteiger partial charge in [0.05, 0.1) is 11.4 Å². The summed E-state index contributed by atoms with van der Waals surface area (Å²) >= 11 is 0. The Morgan fingerprint density at radius 2 is 2.11 bits per heavy atom. The summed E-state index contributed by atoms with van der Waals surface area (Å²) in [4.78, 5) is 33.6. The highest BCUT2D eigenvalue weighted by molar-refractivity contribution is 6.05. The van der Waals surface area contributed by atoms with Gasteiger partial charge in [-0.05, 0) is 25.1 Å². The Morgan fingerprint density at radius 3 is 2.85 bits per heavy atom. The van der Waals surface area contributed by atoms with Crippen molar-refractivity contribution in [3.05, 3.63) is 42.0 Å². The van der Waals surface area contributed by atoms with E-state index in [1.165, 1.54) is 0 Å². The fourth-order valence-electron chi connectivity index (χ4n) is 3.74. The van der Waals surface area contributed by atoms with Crippen LogP contribution in [0.1, 0.15) is 29.1 Å². The number of piperazine rings is 1. The van der Waals surface area contributed by atoms with Crippen molar-refractivity contribution in [1.29, 1.82) is 0 Å². The van der Waals surface area contributed by atoms with E-state index in [1.807, 2.05) is 53.7 Å². The van der Waals surface area contributed by atoms with Crippen LogP contribution in [0.3, 0.4) is 0 Å². The predicted octanol–water partition coefficient (Wildman–Crippen LogP) is 0.984. The van der Waals surface area contributed by atoms with Gasteiger partial charge in [-0.25, -0.2) is 4.98 Å². The van der Waals surface area contributed by atoms with Crippen molar-refractivity contribution in [2.75, 3.05) is 36.9 Å². The lowest BCUT2D eigenvalue weighted by atomic mass is 10.0. The van der Waals surface area contributed by atoms with E-state index in [2.05, 4.69) is 15.6 Å². The van der Waals surface area contributed by atoms with Gasteiger partial charge in [-0.15, -0.1) is 0 Å². The summed E-state index contributed by atoms with van der Waals surface area (Å²) in [6.45, 7) is 3.87. The van der Waals surface area contributed by atoms with Crippen LogP contribution in [0.5, 0.6) is 0 Å². The Labute approximate surface area is 158 Å². The van der Waals surface area contributed by atoms with Gasteiger partial charge in [0.15, 0.2) is 0 Å². The molecule has 2 amide bonds. The monoisotopic (exact) mass is 368 g/mol. The van der Waals surface area contributed by atoms with E-state index in [4.69, 9.17) is 0 Å². The zero-order valence-electron chi connectivity index (χ0n) is 15.8. The summed E-state index contributed by atoms with van der Waals surface area (Å²) in [6.07, 6.45) is 3.63. The second-order valence-corrected chi connectivity index (χ2v) is 7.12. The van der Waals surface area contributed by atoms with E-state index < -0.39 is 0 Å². The molecule has 2 atom stereocenters. The molecule has 2 aliphatic rings. The van der Waals surface area contributed by atoms with Crippen LogP contribution in [0.25, 0.3) is 0 Å². The van der Waals surface area contributed by atoms with Crippen molar-refractivity contribution in [3.8, 4) is 0 Å². The number of likely N-dealkylation sites (N-methyl/N-ethyl adjacent to an activating group) is 1. The summed E-state index contributed by atoms with van der Waals surface area (Å²) in [5.41, 5.74) is 2.16. The topological polar surface area (TPSA) is 82.5 Å². The van der Waals surface area contributed by atoms with Crippen LogP contribution in [0.15, 0.2) is 30.6 Å². The highest BCUT2D eigenvalue weighted by Crippen LogP contribution is 2.33. The van der Waals surface area contributed by atoms with Crippen LogP contribution in [-0.4, -0.2) is 59.0 Å². The number of hydrogen-bond acceptors (Lipinski definition) is 5. The predicted molar refractivity (Wildman–Crippen MR) is 103 cm³/mol. The molecule has 2 unspecified atom stereocenters. The Balaban J connectivity index is 1.65. The van der Waals surface area contributed by atoms with Gasteiger partial charge in [-0.3, -0.25) is 9.59 Å². The van der Waals surface area contributed by atoms with Gasteiger partial charge in [0.2, 0.25) is 5.91 Å². The Hall–Kier alpha value is -2.87. The molecule has 2 aliphatic heterocycles. The third-order valence-electron chi connectivity index (χ3n) is 5.50. The van der Waals surface area contributed by atoms with Crippen LogP contribution in [0, 0.1) is 0 Å². The quantitative estimate of drug-likeness (QED) is 0.826. The maximum Gasteiger partial charge on any atom is 0.254 e. The van der Waals surface area contributed by atoms with Gasteiger partial charge < -0.3 is 25.0 Å². The van der Waals surface area contributed by atoms with E-state index >= 15 is 0 Å². The molecular weight excluding hydrogens is 344 g/mol. The number of benzene rings is 1. The molecule has 1 aromatic carbocycles. The summed E-state index contributed by atoms with van der Waals surface area (Å²) in [5.74, 6) is 0.737. The van der Waals surface area contributed by atoms with Gasteiger partial charge in [0, 0.05) is 51.7 Å². The van der Waals surface area contributed by atoms with Crippen molar-refractivity contribution in [2.24, 2.45) is 7.05 Å². The lowest BCUT2D eigenvalue weighted by molar-refractivity contribution is -0.117. The number of nitrogens with zero attached hydrogens (tertiary/aromatic N) is 4. The highest BCUT2D eigenvalue weighted by atomic mass is 16.2. The van der Waals surface area contributed by atoms with Gasteiger partial charge in [0.1, 0.15) is 17.9 Å². The molecule has 3 heterocycles. The molecule has 4 rings (SSSR count). The SMILES string of the molecule is CC1C(=O)Nc2cc(C(=O)N3CCNCC3c3nccn3C)ccc2N1C. The fraction of sp³-hybridized carbons (Fsp3) is 0.421. The second-order valence-electron chi connectivity index (χ2n) is 7.12. The van der Waals surface area contributed by atoms with Crippen LogP contribution in [0.4, 0.5) is 11.4 Å². The third kappa shape index (κ3) is 2.95. The molecule has 1 aromatic heterocycles. The first-order valence-corrected chi connectivity index (χ1v) is 9.14. The molecule has 8 nitrogen and oxygen atoms in total. The van der Waals surface area contributed by atoms with Crippen molar-refractivity contribution in [3.63, 3.8) is 0 Å². The number of imidazole rings is 1. The van der Waals surface area contributed by atoms with Crippen LogP contribution >= 0.6 is 0 Å². The van der Waals surface area contributed by atoms with E-state index in [9.17, 15) is 9.59 Å². The molecule has 0 spiro atoms. The first-order valence-electron chi connectivity index (χ1n) is 9.14. The minimum atomic E-state index is -0.236. The zero-order valence-corrected chi connectivity index (χ0v) is 15.8. The van der Waals surface area contributed by atoms with E-state index in [0.29, 0.717) is 24.3 Å². The number of carbonyl (C=O) groups excluding carboxylic acids is 2. The number of anilines is 2. The molecule has 27 heavy (non-hydrogen) atoms. The Kier molecular flexibility index (Phi) is 4.35. The summed E-state index contributed by atoms with van der Waals surface area (Å²) in [6, 6.07) is 5.14. The summed E-state index contributed by atoms with van der Waals surface area (Å²) in [7, 11) is 3.82. The maximum absolute atomic E-state index is 13.3. The van der Waals surface area contributed by atoms with E-state index in [1.54, 1.807) is 12.3 Å². The number of hydrogen-bond donors (Lipinski definition) is 2. The molecule has 8 heteroatoms. The van der Waals surface area contributed by atoms with Crippen LogP contribution in [-0.2, 0) is 11.8 Å². The van der Waals surface area contributed by atoms with E-state index in [-0.39, 0.29) is 23.9 Å². The smallest absolute Gasteiger partial charge is 0.254 e. The Morgan fingerprint density at radius 1 is 1.30 bits per heavy atom. The molecular formula is C19H24N6O2. The summed E-state index contributed by atoms with van der Waals surface area (Å²) < 4.78 is 1.95. The third-order valence-corrected chi connectivity index (χ3v) is 5.50. The molecule has 1 saturated heterocycles. The van der Waals surface area contributed by atoms with Gasteiger partial charge in [0.25, 0.3) is 5.91 Å². The normalized spacial score (nSPS) is 22.4. The van der Waals surface area contributed by atoms with Crippen molar-refractivity contribution in [2.45, 2.75) is 19.0 Å². The standard InChI is InChI=1S/C19H24N6O2/c1-12-18(26)22-14-10-13(4-5-15(14)24(12)3)19(27)25-9-6-20-11-16(25)17-21-7-8-23(17)2/h4-5,7-8,10,12,16,20H,6,9,11H2,1-3H3,(H,22,26). The lowest BCUT2D eigenvalue weighted by Gasteiger charge is -2.36. The molecule has 0 aliphatic carbocycles. The molecule has 1 fully saturated rings. The average Bonchev–Trinajstić information content (AvgIpc) is 3.11. The number of fused-ring (bicyclic) bond motifs is 1. The van der Waals surface area contributed by atoms with Gasteiger partial charge in [-0.2, -0.15) is 0 Å². The first-order chi connectivity index (χ1) is 13.0. The average molecular weight is 368 g/mol. The van der Waals surface area contributed by atoms with Gasteiger partial charge in [-0.1, -0.05) is 0 Å². The molecule has 0 radical (unpaired) electrons. The molecule has 2 N–H and O–H groups in total. The molecule has 142 valence electrons. The van der Waals surface area contributed by atoms with Gasteiger partial charge >= 0.3 is 0 Å². The van der Waals surface area contributed by atoms with E-state index in [0.717, 1.165) is 18.1 Å². The molecule has 2 aromatic rings. The summed E-state index contributed by atoms with van der Waals surface area (Å²) in [5, 5.41) is 6.25. The van der Waals surface area contributed by atoms with Crippen molar-refractivity contribution >= 4 is 23.2 Å². The first kappa shape index (κ1) is 17.5.